The summed E-state index contributed by atoms with van der Waals surface area (Å²) >= 11 is 0. The molecule has 6 heteroatoms. The summed E-state index contributed by atoms with van der Waals surface area (Å²) in [4.78, 5) is 16.4. The standard InChI is InChI=1S/C26H27N3O3/c1-17(2)27-26(30)32-15-14-18-8-10-19(11-9-18)28-25-21-6-4-5-7-23(21)29-24-13-12-20(31-3)16-22(24)25/h4-13,16-17H,14-15H2,1-3H3,(H,27,30)(H,28,29). The normalized spacial score (nSPS) is 11.0. The van der Waals surface area contributed by atoms with Crippen molar-refractivity contribution in [2.24, 2.45) is 0 Å². The minimum absolute atomic E-state index is 0.0631. The smallest absolute Gasteiger partial charge is 0.407 e. The molecular weight excluding hydrogens is 402 g/mol. The lowest BCUT2D eigenvalue weighted by atomic mass is 10.1. The number of aromatic nitrogens is 1. The van der Waals surface area contributed by atoms with E-state index in [1.807, 2.05) is 74.5 Å². The molecule has 32 heavy (non-hydrogen) atoms. The van der Waals surface area contributed by atoms with Gasteiger partial charge in [-0.15, -0.1) is 0 Å². The molecule has 0 saturated carbocycles. The van der Waals surface area contributed by atoms with E-state index in [0.29, 0.717) is 13.0 Å². The fourth-order valence-corrected chi connectivity index (χ4v) is 3.57. The molecule has 0 saturated heterocycles. The summed E-state index contributed by atoms with van der Waals surface area (Å²) in [5.41, 5.74) is 4.89. The van der Waals surface area contributed by atoms with Crippen LogP contribution in [-0.4, -0.2) is 30.8 Å². The van der Waals surface area contributed by atoms with E-state index in [0.717, 1.165) is 44.5 Å². The number of amides is 1. The Morgan fingerprint density at radius 3 is 2.47 bits per heavy atom. The van der Waals surface area contributed by atoms with Crippen LogP contribution in [0.3, 0.4) is 0 Å². The lowest BCUT2D eigenvalue weighted by molar-refractivity contribution is 0.145. The molecule has 0 aliphatic carbocycles. The Balaban J connectivity index is 1.55. The van der Waals surface area contributed by atoms with E-state index in [-0.39, 0.29) is 12.1 Å². The first-order valence-corrected chi connectivity index (χ1v) is 10.7. The minimum Gasteiger partial charge on any atom is -0.497 e. The quantitative estimate of drug-likeness (QED) is 0.362. The van der Waals surface area contributed by atoms with Gasteiger partial charge in [0.05, 0.1) is 30.4 Å². The number of alkyl carbamates (subject to hydrolysis) is 1. The summed E-state index contributed by atoms with van der Waals surface area (Å²) in [6.07, 6.45) is 0.273. The highest BCUT2D eigenvalue weighted by atomic mass is 16.5. The second-order valence-electron chi connectivity index (χ2n) is 7.89. The number of benzene rings is 3. The molecule has 1 heterocycles. The molecule has 0 bridgehead atoms. The summed E-state index contributed by atoms with van der Waals surface area (Å²) in [7, 11) is 1.66. The number of nitrogens with one attached hydrogen (secondary N) is 2. The first-order chi connectivity index (χ1) is 15.5. The predicted octanol–water partition coefficient (Wildman–Crippen LogP) is 5.82. The number of methoxy groups -OCH3 is 1. The van der Waals surface area contributed by atoms with Crippen LogP contribution in [0, 0.1) is 0 Å². The Labute approximate surface area is 187 Å². The van der Waals surface area contributed by atoms with E-state index in [1.54, 1.807) is 7.11 Å². The zero-order valence-electron chi connectivity index (χ0n) is 18.5. The SMILES string of the molecule is COc1ccc2nc3ccccc3c(Nc3ccc(CCOC(=O)NC(C)C)cc3)c2c1. The number of anilines is 2. The van der Waals surface area contributed by atoms with Gasteiger partial charge in [0.2, 0.25) is 0 Å². The van der Waals surface area contributed by atoms with Crippen molar-refractivity contribution in [1.29, 1.82) is 0 Å². The maximum atomic E-state index is 11.6. The van der Waals surface area contributed by atoms with Crippen molar-refractivity contribution >= 4 is 39.3 Å². The Morgan fingerprint density at radius 1 is 0.969 bits per heavy atom. The van der Waals surface area contributed by atoms with Crippen LogP contribution in [-0.2, 0) is 11.2 Å². The number of hydrogen-bond acceptors (Lipinski definition) is 5. The van der Waals surface area contributed by atoms with E-state index >= 15 is 0 Å². The van der Waals surface area contributed by atoms with Gasteiger partial charge in [-0.05, 0) is 55.8 Å². The maximum Gasteiger partial charge on any atom is 0.407 e. The van der Waals surface area contributed by atoms with Crippen molar-refractivity contribution in [2.45, 2.75) is 26.3 Å². The van der Waals surface area contributed by atoms with Crippen LogP contribution >= 0.6 is 0 Å². The Morgan fingerprint density at radius 2 is 1.72 bits per heavy atom. The van der Waals surface area contributed by atoms with Gasteiger partial charge in [0.15, 0.2) is 0 Å². The highest BCUT2D eigenvalue weighted by Gasteiger charge is 2.11. The Hall–Kier alpha value is -3.80. The van der Waals surface area contributed by atoms with E-state index in [1.165, 1.54) is 0 Å². The summed E-state index contributed by atoms with van der Waals surface area (Å²) in [6.45, 7) is 4.14. The molecule has 4 rings (SSSR count). The third-order valence-corrected chi connectivity index (χ3v) is 5.14. The van der Waals surface area contributed by atoms with Crippen LogP contribution in [0.4, 0.5) is 16.2 Å². The number of nitrogens with zero attached hydrogens (tertiary/aromatic N) is 1. The molecule has 0 radical (unpaired) electrons. The van der Waals surface area contributed by atoms with Crippen molar-refractivity contribution in [3.05, 3.63) is 72.3 Å². The number of fused-ring (bicyclic) bond motifs is 2. The lowest BCUT2D eigenvalue weighted by Gasteiger charge is -2.14. The number of ether oxygens (including phenoxy) is 2. The topological polar surface area (TPSA) is 72.5 Å². The molecule has 2 N–H and O–H groups in total. The van der Waals surface area contributed by atoms with Gasteiger partial charge in [-0.2, -0.15) is 0 Å². The first kappa shape index (κ1) is 21.4. The molecule has 164 valence electrons. The monoisotopic (exact) mass is 429 g/mol. The summed E-state index contributed by atoms with van der Waals surface area (Å²) in [5, 5.41) is 8.33. The number of hydrogen-bond donors (Lipinski definition) is 2. The van der Waals surface area contributed by atoms with Gasteiger partial charge in [0, 0.05) is 28.9 Å². The van der Waals surface area contributed by atoms with Gasteiger partial charge in [0.25, 0.3) is 0 Å². The fraction of sp³-hybridized carbons (Fsp3) is 0.231. The van der Waals surface area contributed by atoms with Crippen LogP contribution in [0.5, 0.6) is 5.75 Å². The van der Waals surface area contributed by atoms with Gasteiger partial charge in [-0.3, -0.25) is 0 Å². The van der Waals surface area contributed by atoms with Crippen molar-refractivity contribution in [3.8, 4) is 5.75 Å². The second-order valence-corrected chi connectivity index (χ2v) is 7.89. The number of rotatable bonds is 7. The van der Waals surface area contributed by atoms with Crippen LogP contribution in [0.15, 0.2) is 66.7 Å². The third kappa shape index (κ3) is 4.91. The molecule has 0 unspecified atom stereocenters. The van der Waals surface area contributed by atoms with Crippen molar-refractivity contribution in [3.63, 3.8) is 0 Å². The summed E-state index contributed by atoms with van der Waals surface area (Å²) in [5.74, 6) is 0.787. The molecule has 0 atom stereocenters. The molecule has 1 aromatic heterocycles. The predicted molar refractivity (Wildman–Crippen MR) is 129 cm³/mol. The summed E-state index contributed by atoms with van der Waals surface area (Å²) in [6, 6.07) is 22.2. The van der Waals surface area contributed by atoms with Crippen LogP contribution in [0.25, 0.3) is 21.8 Å². The average Bonchev–Trinajstić information content (AvgIpc) is 2.79. The zero-order chi connectivity index (χ0) is 22.5. The molecule has 1 amide bonds. The fourth-order valence-electron chi connectivity index (χ4n) is 3.57. The molecule has 4 aromatic rings. The Kier molecular flexibility index (Phi) is 6.40. The second kappa shape index (κ2) is 9.56. The van der Waals surface area contributed by atoms with Gasteiger partial charge in [0.1, 0.15) is 5.75 Å². The van der Waals surface area contributed by atoms with Crippen molar-refractivity contribution in [2.75, 3.05) is 19.0 Å². The molecular formula is C26H27N3O3. The molecule has 0 aliphatic heterocycles. The number of carbonyl (C=O) groups excluding carboxylic acids is 1. The zero-order valence-corrected chi connectivity index (χ0v) is 18.5. The van der Waals surface area contributed by atoms with Crippen LogP contribution < -0.4 is 15.4 Å². The van der Waals surface area contributed by atoms with Gasteiger partial charge >= 0.3 is 6.09 Å². The lowest BCUT2D eigenvalue weighted by Crippen LogP contribution is -2.31. The van der Waals surface area contributed by atoms with Gasteiger partial charge in [-0.25, -0.2) is 9.78 Å². The van der Waals surface area contributed by atoms with E-state index in [2.05, 4.69) is 16.7 Å². The highest BCUT2D eigenvalue weighted by Crippen LogP contribution is 2.35. The maximum absolute atomic E-state index is 11.6. The van der Waals surface area contributed by atoms with Crippen LogP contribution in [0.1, 0.15) is 19.4 Å². The molecule has 0 fully saturated rings. The van der Waals surface area contributed by atoms with E-state index < -0.39 is 0 Å². The van der Waals surface area contributed by atoms with Crippen molar-refractivity contribution in [1.82, 2.24) is 10.3 Å². The molecule has 0 spiro atoms. The highest BCUT2D eigenvalue weighted by molar-refractivity contribution is 6.09. The molecule has 0 aliphatic rings. The molecule has 6 nitrogen and oxygen atoms in total. The number of pyridine rings is 1. The largest absolute Gasteiger partial charge is 0.497 e. The van der Waals surface area contributed by atoms with E-state index in [9.17, 15) is 4.79 Å². The first-order valence-electron chi connectivity index (χ1n) is 10.7. The minimum atomic E-state index is -0.384. The third-order valence-electron chi connectivity index (χ3n) is 5.14. The Bertz CT molecular complexity index is 1240. The van der Waals surface area contributed by atoms with Gasteiger partial charge in [-0.1, -0.05) is 30.3 Å². The number of para-hydroxylation sites is 1. The average molecular weight is 430 g/mol. The molecule has 3 aromatic carbocycles. The van der Waals surface area contributed by atoms with Crippen molar-refractivity contribution < 1.29 is 14.3 Å². The number of carbonyl (C=O) groups is 1. The van der Waals surface area contributed by atoms with Gasteiger partial charge < -0.3 is 20.1 Å². The summed E-state index contributed by atoms with van der Waals surface area (Å²) < 4.78 is 10.7. The van der Waals surface area contributed by atoms with E-state index in [4.69, 9.17) is 14.5 Å². The van der Waals surface area contributed by atoms with Crippen LogP contribution in [0.2, 0.25) is 0 Å².